The van der Waals surface area contributed by atoms with Gasteiger partial charge < -0.3 is 10.2 Å². The first-order valence-electron chi connectivity index (χ1n) is 8.70. The summed E-state index contributed by atoms with van der Waals surface area (Å²) in [7, 11) is 0. The van der Waals surface area contributed by atoms with Crippen LogP contribution in [0.2, 0.25) is 0 Å². The maximum absolute atomic E-state index is 12.8. The van der Waals surface area contributed by atoms with Gasteiger partial charge >= 0.3 is 0 Å². The minimum atomic E-state index is 0. The fraction of sp³-hybridized carbons (Fsp3) is 0.812. The highest BCUT2D eigenvalue weighted by Crippen LogP contribution is 2.34. The second kappa shape index (κ2) is 7.18. The van der Waals surface area contributed by atoms with Crippen molar-refractivity contribution in [1.29, 1.82) is 0 Å². The summed E-state index contributed by atoms with van der Waals surface area (Å²) in [6.07, 6.45) is 11.6. The molecule has 1 aromatic rings. The maximum atomic E-state index is 12.8. The smallest absolute Gasteiger partial charge is 0.239 e. The summed E-state index contributed by atoms with van der Waals surface area (Å²) in [4.78, 5) is 18.8. The molecule has 3 fully saturated rings. The van der Waals surface area contributed by atoms with Crippen molar-refractivity contribution < 1.29 is 4.79 Å². The molecule has 0 spiro atoms. The third kappa shape index (κ3) is 3.38. The molecule has 1 saturated carbocycles. The molecule has 6 nitrogen and oxygen atoms in total. The molecule has 0 bridgehead atoms. The van der Waals surface area contributed by atoms with Crippen molar-refractivity contribution in [3.8, 4) is 0 Å². The van der Waals surface area contributed by atoms with E-state index in [0.29, 0.717) is 18.0 Å². The summed E-state index contributed by atoms with van der Waals surface area (Å²) in [5.41, 5.74) is 0. The number of carbonyl (C=O) groups excluding carboxylic acids is 1. The summed E-state index contributed by atoms with van der Waals surface area (Å²) in [5, 5.41) is 7.84. The van der Waals surface area contributed by atoms with Gasteiger partial charge in [0.1, 0.15) is 12.7 Å². The van der Waals surface area contributed by atoms with Crippen LogP contribution in [-0.2, 0) is 4.79 Å². The quantitative estimate of drug-likeness (QED) is 0.892. The van der Waals surface area contributed by atoms with Crippen LogP contribution in [0.4, 0.5) is 0 Å². The first-order valence-corrected chi connectivity index (χ1v) is 8.70. The van der Waals surface area contributed by atoms with Crippen LogP contribution in [0.25, 0.3) is 0 Å². The zero-order valence-corrected chi connectivity index (χ0v) is 14.2. The molecule has 2 saturated heterocycles. The Labute approximate surface area is 143 Å². The van der Waals surface area contributed by atoms with E-state index in [1.165, 1.54) is 25.7 Å². The van der Waals surface area contributed by atoms with E-state index >= 15 is 0 Å². The van der Waals surface area contributed by atoms with Crippen LogP contribution in [0.3, 0.4) is 0 Å². The summed E-state index contributed by atoms with van der Waals surface area (Å²) in [6, 6.07) is 1.05. The lowest BCUT2D eigenvalue weighted by Crippen LogP contribution is -2.48. The van der Waals surface area contributed by atoms with Crippen LogP contribution in [-0.4, -0.2) is 50.7 Å². The van der Waals surface area contributed by atoms with Crippen molar-refractivity contribution in [3.05, 3.63) is 12.7 Å². The Morgan fingerprint density at radius 3 is 2.61 bits per heavy atom. The standard InChI is InChI=1S/C16H25N5O.ClH/c22-16(15-9-12-3-1-2-4-14(12)19-15)20-7-5-13(6-8-20)21-11-17-10-18-21;/h10-15,19H,1-9H2;1H. The highest BCUT2D eigenvalue weighted by Gasteiger charge is 2.40. The minimum Gasteiger partial charge on any atom is -0.341 e. The summed E-state index contributed by atoms with van der Waals surface area (Å²) < 4.78 is 1.93. The Bertz CT molecular complexity index is 501. The molecule has 128 valence electrons. The molecule has 7 heteroatoms. The highest BCUT2D eigenvalue weighted by molar-refractivity contribution is 5.85. The molecular formula is C16H26ClN5O. The summed E-state index contributed by atoms with van der Waals surface area (Å²) in [5.74, 6) is 1.06. The topological polar surface area (TPSA) is 63.1 Å². The van der Waals surface area contributed by atoms with Gasteiger partial charge in [-0.05, 0) is 38.0 Å². The van der Waals surface area contributed by atoms with Crippen molar-refractivity contribution in [2.45, 2.75) is 63.1 Å². The van der Waals surface area contributed by atoms with E-state index in [1.54, 1.807) is 12.7 Å². The number of likely N-dealkylation sites (tertiary alicyclic amines) is 1. The normalized spacial score (nSPS) is 31.5. The predicted molar refractivity (Wildman–Crippen MR) is 89.4 cm³/mol. The first kappa shape index (κ1) is 16.7. The molecule has 0 aromatic carbocycles. The fourth-order valence-electron chi connectivity index (χ4n) is 4.49. The van der Waals surface area contributed by atoms with E-state index < -0.39 is 0 Å². The number of hydrogen-bond donors (Lipinski definition) is 1. The van der Waals surface area contributed by atoms with Crippen molar-refractivity contribution >= 4 is 18.3 Å². The zero-order chi connectivity index (χ0) is 14.9. The van der Waals surface area contributed by atoms with Crippen LogP contribution in [0, 0.1) is 5.92 Å². The Balaban J connectivity index is 0.00000156. The SMILES string of the molecule is Cl.O=C(C1CC2CCCCC2N1)N1CCC(n2cncn2)CC1. The van der Waals surface area contributed by atoms with Crippen molar-refractivity contribution in [2.24, 2.45) is 5.92 Å². The van der Waals surface area contributed by atoms with Gasteiger partial charge in [-0.2, -0.15) is 5.10 Å². The second-order valence-corrected chi connectivity index (χ2v) is 7.04. The lowest BCUT2D eigenvalue weighted by Gasteiger charge is -2.33. The van der Waals surface area contributed by atoms with Crippen LogP contribution in [0.1, 0.15) is 51.0 Å². The Morgan fingerprint density at radius 1 is 1.13 bits per heavy atom. The van der Waals surface area contributed by atoms with Gasteiger partial charge in [0.15, 0.2) is 0 Å². The molecule has 0 radical (unpaired) electrons. The van der Waals surface area contributed by atoms with Crippen LogP contribution < -0.4 is 5.32 Å². The lowest BCUT2D eigenvalue weighted by molar-refractivity contribution is -0.134. The van der Waals surface area contributed by atoms with Crippen molar-refractivity contribution in [1.82, 2.24) is 25.0 Å². The van der Waals surface area contributed by atoms with Crippen molar-refractivity contribution in [3.63, 3.8) is 0 Å². The number of piperidine rings is 1. The van der Waals surface area contributed by atoms with Gasteiger partial charge in [-0.3, -0.25) is 4.79 Å². The predicted octanol–water partition coefficient (Wildman–Crippen LogP) is 1.78. The molecule has 1 amide bonds. The Morgan fingerprint density at radius 2 is 1.91 bits per heavy atom. The number of halogens is 1. The largest absolute Gasteiger partial charge is 0.341 e. The number of hydrogen-bond acceptors (Lipinski definition) is 4. The number of carbonyl (C=O) groups is 1. The fourth-order valence-corrected chi connectivity index (χ4v) is 4.49. The molecule has 3 unspecified atom stereocenters. The summed E-state index contributed by atoms with van der Waals surface area (Å²) >= 11 is 0. The number of amides is 1. The van der Waals surface area contributed by atoms with E-state index in [1.807, 2.05) is 4.68 Å². The minimum absolute atomic E-state index is 0. The number of aromatic nitrogens is 3. The monoisotopic (exact) mass is 339 g/mol. The van der Waals surface area contributed by atoms with E-state index in [0.717, 1.165) is 38.3 Å². The van der Waals surface area contributed by atoms with Crippen molar-refractivity contribution in [2.75, 3.05) is 13.1 Å². The van der Waals surface area contributed by atoms with E-state index in [9.17, 15) is 4.79 Å². The van der Waals surface area contributed by atoms with Gasteiger partial charge in [0.05, 0.1) is 12.1 Å². The number of nitrogens with one attached hydrogen (secondary N) is 1. The van der Waals surface area contributed by atoms with E-state index in [-0.39, 0.29) is 18.4 Å². The molecule has 1 aliphatic carbocycles. The third-order valence-electron chi connectivity index (χ3n) is 5.75. The number of nitrogens with zero attached hydrogens (tertiary/aromatic N) is 4. The molecule has 1 aromatic heterocycles. The van der Waals surface area contributed by atoms with Gasteiger partial charge in [0.2, 0.25) is 5.91 Å². The number of fused-ring (bicyclic) bond motifs is 1. The van der Waals surface area contributed by atoms with Gasteiger partial charge in [-0.25, -0.2) is 9.67 Å². The number of rotatable bonds is 2. The van der Waals surface area contributed by atoms with Gasteiger partial charge in [-0.1, -0.05) is 12.8 Å². The molecule has 3 aliphatic rings. The molecule has 1 N–H and O–H groups in total. The second-order valence-electron chi connectivity index (χ2n) is 7.04. The molecular weight excluding hydrogens is 314 g/mol. The summed E-state index contributed by atoms with van der Waals surface area (Å²) in [6.45, 7) is 1.69. The Hall–Kier alpha value is -1.14. The van der Waals surface area contributed by atoms with Gasteiger partial charge in [-0.15, -0.1) is 12.4 Å². The van der Waals surface area contributed by atoms with E-state index in [4.69, 9.17) is 0 Å². The molecule has 3 atom stereocenters. The molecule has 2 aliphatic heterocycles. The van der Waals surface area contributed by atoms with Crippen LogP contribution in [0.5, 0.6) is 0 Å². The molecule has 23 heavy (non-hydrogen) atoms. The van der Waals surface area contributed by atoms with Crippen LogP contribution in [0.15, 0.2) is 12.7 Å². The zero-order valence-electron chi connectivity index (χ0n) is 13.4. The third-order valence-corrected chi connectivity index (χ3v) is 5.75. The van der Waals surface area contributed by atoms with Gasteiger partial charge in [0.25, 0.3) is 0 Å². The molecule has 3 heterocycles. The van der Waals surface area contributed by atoms with E-state index in [2.05, 4.69) is 20.3 Å². The van der Waals surface area contributed by atoms with Gasteiger partial charge in [0, 0.05) is 19.1 Å². The Kier molecular flexibility index (Phi) is 5.21. The van der Waals surface area contributed by atoms with Crippen LogP contribution >= 0.6 is 12.4 Å². The lowest BCUT2D eigenvalue weighted by atomic mass is 9.85. The highest BCUT2D eigenvalue weighted by atomic mass is 35.5. The first-order chi connectivity index (χ1) is 10.8. The maximum Gasteiger partial charge on any atom is 0.239 e. The average molecular weight is 340 g/mol. The molecule has 4 rings (SSSR count). The average Bonchev–Trinajstić information content (AvgIpc) is 3.23.